The third-order valence-corrected chi connectivity index (χ3v) is 3.48. The van der Waals surface area contributed by atoms with Crippen molar-refractivity contribution in [3.8, 4) is 0 Å². The Morgan fingerprint density at radius 1 is 1.57 bits per heavy atom. The first kappa shape index (κ1) is 9.68. The lowest BCUT2D eigenvalue weighted by atomic mass is 10.2. The van der Waals surface area contributed by atoms with Gasteiger partial charge in [-0.15, -0.1) is 11.8 Å². The molecule has 0 radical (unpaired) electrons. The summed E-state index contributed by atoms with van der Waals surface area (Å²) in [6.07, 6.45) is 0. The first-order valence-electron chi connectivity index (χ1n) is 4.14. The molecule has 14 heavy (non-hydrogen) atoms. The van der Waals surface area contributed by atoms with E-state index in [-0.39, 0.29) is 11.2 Å². The van der Waals surface area contributed by atoms with Crippen molar-refractivity contribution in [1.29, 1.82) is 0 Å². The van der Waals surface area contributed by atoms with Gasteiger partial charge in [0.05, 0.1) is 15.8 Å². The fourth-order valence-corrected chi connectivity index (χ4v) is 2.48. The molecular weight excluding hydrogens is 220 g/mol. The lowest BCUT2D eigenvalue weighted by molar-refractivity contribution is -0.115. The quantitative estimate of drug-likeness (QED) is 0.671. The molecule has 1 amide bonds. The van der Waals surface area contributed by atoms with Crippen LogP contribution in [0.4, 0.5) is 11.4 Å². The summed E-state index contributed by atoms with van der Waals surface area (Å²) < 4.78 is 0. The number of fused-ring (bicyclic) bond motifs is 1. The van der Waals surface area contributed by atoms with Gasteiger partial charge in [-0.2, -0.15) is 0 Å². The van der Waals surface area contributed by atoms with E-state index in [0.29, 0.717) is 16.4 Å². The Hall–Kier alpha value is -0.870. The molecule has 1 aliphatic heterocycles. The summed E-state index contributed by atoms with van der Waals surface area (Å²) in [5, 5.41) is 3.20. The zero-order valence-corrected chi connectivity index (χ0v) is 9.08. The Bertz CT molecular complexity index is 408. The summed E-state index contributed by atoms with van der Waals surface area (Å²) in [4.78, 5) is 12.3. The summed E-state index contributed by atoms with van der Waals surface area (Å²) in [6.45, 7) is 1.84. The smallest absolute Gasteiger partial charge is 0.237 e. The predicted molar refractivity (Wildman–Crippen MR) is 59.8 cm³/mol. The highest BCUT2D eigenvalue weighted by Crippen LogP contribution is 2.41. The molecule has 0 saturated carbocycles. The molecule has 0 spiro atoms. The summed E-state index contributed by atoms with van der Waals surface area (Å²) >= 11 is 7.29. The number of rotatable bonds is 0. The number of carbonyl (C=O) groups is 1. The third-order valence-electron chi connectivity index (χ3n) is 2.00. The van der Waals surface area contributed by atoms with Gasteiger partial charge >= 0.3 is 0 Å². The number of anilines is 2. The lowest BCUT2D eigenvalue weighted by Gasteiger charge is -2.22. The molecule has 3 nitrogen and oxygen atoms in total. The number of carbonyl (C=O) groups excluding carboxylic acids is 1. The second-order valence-electron chi connectivity index (χ2n) is 3.12. The molecule has 5 heteroatoms. The maximum absolute atomic E-state index is 11.4. The summed E-state index contributed by atoms with van der Waals surface area (Å²) in [7, 11) is 0. The Morgan fingerprint density at radius 3 is 3.00 bits per heavy atom. The van der Waals surface area contributed by atoms with Crippen LogP contribution in [-0.4, -0.2) is 11.2 Å². The normalized spacial score (nSPS) is 20.1. The van der Waals surface area contributed by atoms with Gasteiger partial charge in [0.15, 0.2) is 0 Å². The van der Waals surface area contributed by atoms with Gasteiger partial charge in [0, 0.05) is 10.7 Å². The third kappa shape index (κ3) is 1.55. The van der Waals surface area contributed by atoms with Crippen LogP contribution in [0.2, 0.25) is 5.02 Å². The topological polar surface area (TPSA) is 55.1 Å². The van der Waals surface area contributed by atoms with Crippen LogP contribution in [0.3, 0.4) is 0 Å². The molecule has 1 aliphatic rings. The van der Waals surface area contributed by atoms with Gasteiger partial charge < -0.3 is 11.1 Å². The van der Waals surface area contributed by atoms with Crippen molar-refractivity contribution in [3.63, 3.8) is 0 Å². The second-order valence-corrected chi connectivity index (χ2v) is 4.91. The second kappa shape index (κ2) is 3.37. The van der Waals surface area contributed by atoms with Crippen LogP contribution in [0.15, 0.2) is 17.0 Å². The fraction of sp³-hybridized carbons (Fsp3) is 0.222. The summed E-state index contributed by atoms with van der Waals surface area (Å²) in [5.74, 6) is -0.0100. The Labute approximate surface area is 91.0 Å². The highest BCUT2D eigenvalue weighted by Gasteiger charge is 2.24. The molecule has 2 rings (SSSR count). The van der Waals surface area contributed by atoms with Crippen molar-refractivity contribution in [2.24, 2.45) is 0 Å². The minimum atomic E-state index is -0.106. The van der Waals surface area contributed by atoms with Gasteiger partial charge in [-0.05, 0) is 19.1 Å². The predicted octanol–water partition coefficient (Wildman–Crippen LogP) is 2.35. The molecule has 0 fully saturated rings. The molecule has 0 saturated heterocycles. The summed E-state index contributed by atoms with van der Waals surface area (Å²) in [5.41, 5.74) is 7.12. The molecule has 3 N–H and O–H groups in total. The maximum Gasteiger partial charge on any atom is 0.237 e. The number of thioether (sulfide) groups is 1. The average Bonchev–Trinajstić information content (AvgIpc) is 2.08. The van der Waals surface area contributed by atoms with E-state index in [1.54, 1.807) is 12.1 Å². The number of hydrogen-bond donors (Lipinski definition) is 2. The van der Waals surface area contributed by atoms with Crippen LogP contribution in [0.5, 0.6) is 0 Å². The van der Waals surface area contributed by atoms with Crippen LogP contribution in [0.1, 0.15) is 6.92 Å². The molecule has 0 aliphatic carbocycles. The van der Waals surface area contributed by atoms with Crippen molar-refractivity contribution in [2.75, 3.05) is 11.1 Å². The minimum absolute atomic E-state index is 0.0100. The number of amides is 1. The molecule has 74 valence electrons. The van der Waals surface area contributed by atoms with E-state index < -0.39 is 0 Å². The van der Waals surface area contributed by atoms with E-state index in [0.717, 1.165) is 4.90 Å². The van der Waals surface area contributed by atoms with Crippen molar-refractivity contribution in [3.05, 3.63) is 17.2 Å². The van der Waals surface area contributed by atoms with Crippen LogP contribution >= 0.6 is 23.4 Å². The number of nitrogens with two attached hydrogens (primary N) is 1. The van der Waals surface area contributed by atoms with Gasteiger partial charge in [0.2, 0.25) is 5.91 Å². The Morgan fingerprint density at radius 2 is 2.29 bits per heavy atom. The molecule has 1 aromatic rings. The first-order valence-corrected chi connectivity index (χ1v) is 5.40. The maximum atomic E-state index is 11.4. The standard InChI is InChI=1S/C9H9ClN2OS/c1-4-9(13)12-7-3-5(10)2-6(11)8(7)14-4/h2-4H,11H2,1H3,(H,12,13). The zero-order chi connectivity index (χ0) is 10.3. The number of halogens is 1. The van der Waals surface area contributed by atoms with Gasteiger partial charge in [-0.1, -0.05) is 11.6 Å². The minimum Gasteiger partial charge on any atom is -0.398 e. The molecule has 1 atom stereocenters. The van der Waals surface area contributed by atoms with Gasteiger partial charge in [-0.25, -0.2) is 0 Å². The SMILES string of the molecule is CC1Sc2c(N)cc(Cl)cc2NC1=O. The van der Waals surface area contributed by atoms with E-state index in [1.165, 1.54) is 11.8 Å². The van der Waals surface area contributed by atoms with Crippen molar-refractivity contribution in [2.45, 2.75) is 17.1 Å². The number of nitrogens with one attached hydrogen (secondary N) is 1. The number of hydrogen-bond acceptors (Lipinski definition) is 3. The molecule has 1 heterocycles. The van der Waals surface area contributed by atoms with E-state index in [4.69, 9.17) is 17.3 Å². The van der Waals surface area contributed by atoms with Gasteiger partial charge in [0.1, 0.15) is 0 Å². The van der Waals surface area contributed by atoms with Crippen LogP contribution in [0, 0.1) is 0 Å². The molecule has 1 aromatic carbocycles. The Balaban J connectivity index is 2.51. The fourth-order valence-electron chi connectivity index (χ4n) is 1.30. The molecule has 0 aromatic heterocycles. The van der Waals surface area contributed by atoms with Gasteiger partial charge in [-0.3, -0.25) is 4.79 Å². The number of nitrogen functional groups attached to an aromatic ring is 1. The molecule has 0 bridgehead atoms. The van der Waals surface area contributed by atoms with Crippen molar-refractivity contribution < 1.29 is 4.79 Å². The van der Waals surface area contributed by atoms with Crippen LogP contribution in [0.25, 0.3) is 0 Å². The highest BCUT2D eigenvalue weighted by atomic mass is 35.5. The monoisotopic (exact) mass is 228 g/mol. The first-order chi connectivity index (χ1) is 6.58. The molecule has 1 unspecified atom stereocenters. The van der Waals surface area contributed by atoms with Crippen LogP contribution in [-0.2, 0) is 4.79 Å². The molecular formula is C9H9ClN2OS. The number of benzene rings is 1. The Kier molecular flexibility index (Phi) is 2.33. The highest BCUT2D eigenvalue weighted by molar-refractivity contribution is 8.01. The van der Waals surface area contributed by atoms with Crippen molar-refractivity contribution >= 4 is 40.6 Å². The summed E-state index contributed by atoms with van der Waals surface area (Å²) in [6, 6.07) is 3.40. The van der Waals surface area contributed by atoms with Crippen molar-refractivity contribution in [1.82, 2.24) is 0 Å². The zero-order valence-electron chi connectivity index (χ0n) is 7.50. The van der Waals surface area contributed by atoms with Crippen LogP contribution < -0.4 is 11.1 Å². The van der Waals surface area contributed by atoms with Gasteiger partial charge in [0.25, 0.3) is 0 Å². The lowest BCUT2D eigenvalue weighted by Crippen LogP contribution is -2.26. The average molecular weight is 229 g/mol. The largest absolute Gasteiger partial charge is 0.398 e. The van der Waals surface area contributed by atoms with E-state index >= 15 is 0 Å². The van der Waals surface area contributed by atoms with E-state index in [9.17, 15) is 4.79 Å². The van der Waals surface area contributed by atoms with E-state index in [2.05, 4.69) is 5.32 Å². The van der Waals surface area contributed by atoms with E-state index in [1.807, 2.05) is 6.92 Å².